The predicted molar refractivity (Wildman–Crippen MR) is 72.3 cm³/mol. The lowest BCUT2D eigenvalue weighted by atomic mass is 10.0. The standard InChI is InChI=1S/C13H18N2O3S/c1-8(2)11-6-13(19(15,16)17)9(3)5-12(11)18-10(4)7-14/h5-6,8,10H,1-4H3,(H2,15,16,17). The molecule has 1 aromatic rings. The fourth-order valence-electron chi connectivity index (χ4n) is 1.75. The average Bonchev–Trinajstić information content (AvgIpc) is 2.26. The monoisotopic (exact) mass is 282 g/mol. The number of benzene rings is 1. The summed E-state index contributed by atoms with van der Waals surface area (Å²) in [6.45, 7) is 7.11. The first kappa shape index (κ1) is 15.5. The molecule has 0 fully saturated rings. The minimum absolute atomic E-state index is 0.0574. The van der Waals surface area contributed by atoms with Crippen LogP contribution in [-0.2, 0) is 10.0 Å². The molecule has 1 rings (SSSR count). The molecule has 104 valence electrons. The van der Waals surface area contributed by atoms with E-state index in [-0.39, 0.29) is 10.8 Å². The number of aryl methyl sites for hydroxylation is 1. The Hall–Kier alpha value is -1.58. The van der Waals surface area contributed by atoms with Crippen molar-refractivity contribution in [1.82, 2.24) is 0 Å². The molecule has 0 aromatic heterocycles. The molecule has 0 saturated heterocycles. The van der Waals surface area contributed by atoms with Crippen LogP contribution in [0.4, 0.5) is 0 Å². The van der Waals surface area contributed by atoms with Crippen LogP contribution in [-0.4, -0.2) is 14.5 Å². The van der Waals surface area contributed by atoms with Crippen LogP contribution in [0.5, 0.6) is 5.75 Å². The zero-order chi connectivity index (χ0) is 14.8. The summed E-state index contributed by atoms with van der Waals surface area (Å²) in [5, 5.41) is 14.0. The molecule has 0 aliphatic rings. The number of primary sulfonamides is 1. The molecule has 0 radical (unpaired) electrons. The summed E-state index contributed by atoms with van der Waals surface area (Å²) in [5.41, 5.74) is 1.23. The van der Waals surface area contributed by atoms with Gasteiger partial charge < -0.3 is 4.74 Å². The molecule has 5 nitrogen and oxygen atoms in total. The average molecular weight is 282 g/mol. The van der Waals surface area contributed by atoms with E-state index in [0.29, 0.717) is 11.3 Å². The molecule has 0 amide bonds. The van der Waals surface area contributed by atoms with Gasteiger partial charge in [-0.3, -0.25) is 0 Å². The molecule has 2 N–H and O–H groups in total. The van der Waals surface area contributed by atoms with Gasteiger partial charge in [0.05, 0.1) is 4.90 Å². The second-order valence-electron chi connectivity index (χ2n) is 4.74. The first-order valence-electron chi connectivity index (χ1n) is 5.90. The van der Waals surface area contributed by atoms with Crippen molar-refractivity contribution >= 4 is 10.0 Å². The largest absolute Gasteiger partial charge is 0.476 e. The lowest BCUT2D eigenvalue weighted by Gasteiger charge is -2.17. The van der Waals surface area contributed by atoms with Gasteiger partial charge in [-0.05, 0) is 43.0 Å². The highest BCUT2D eigenvalue weighted by atomic mass is 32.2. The van der Waals surface area contributed by atoms with Crippen LogP contribution in [0.2, 0.25) is 0 Å². The highest BCUT2D eigenvalue weighted by molar-refractivity contribution is 7.89. The van der Waals surface area contributed by atoms with Gasteiger partial charge in [-0.15, -0.1) is 0 Å². The molecule has 1 aromatic carbocycles. The van der Waals surface area contributed by atoms with Crippen molar-refractivity contribution in [2.24, 2.45) is 5.14 Å². The van der Waals surface area contributed by atoms with E-state index < -0.39 is 16.1 Å². The van der Waals surface area contributed by atoms with Crippen LogP contribution < -0.4 is 9.88 Å². The molecule has 0 aliphatic heterocycles. The number of nitrogens with two attached hydrogens (primary N) is 1. The van der Waals surface area contributed by atoms with E-state index in [2.05, 4.69) is 0 Å². The number of nitriles is 1. The van der Waals surface area contributed by atoms with Crippen molar-refractivity contribution in [2.75, 3.05) is 0 Å². The van der Waals surface area contributed by atoms with Gasteiger partial charge in [0.15, 0.2) is 6.10 Å². The van der Waals surface area contributed by atoms with Crippen molar-refractivity contribution in [3.05, 3.63) is 23.3 Å². The van der Waals surface area contributed by atoms with E-state index >= 15 is 0 Å². The van der Waals surface area contributed by atoms with E-state index in [1.807, 2.05) is 19.9 Å². The number of ether oxygens (including phenoxy) is 1. The third-order valence-corrected chi connectivity index (χ3v) is 3.77. The lowest BCUT2D eigenvalue weighted by Crippen LogP contribution is -2.16. The minimum Gasteiger partial charge on any atom is -0.476 e. The van der Waals surface area contributed by atoms with Crippen LogP contribution in [0.3, 0.4) is 0 Å². The molecule has 0 bridgehead atoms. The predicted octanol–water partition coefficient (Wildman–Crippen LogP) is 2.06. The van der Waals surface area contributed by atoms with E-state index in [0.717, 1.165) is 5.56 Å². The third-order valence-electron chi connectivity index (χ3n) is 2.72. The van der Waals surface area contributed by atoms with E-state index in [4.69, 9.17) is 15.1 Å². The summed E-state index contributed by atoms with van der Waals surface area (Å²) in [6, 6.07) is 5.12. The topological polar surface area (TPSA) is 93.2 Å². The number of sulfonamides is 1. The lowest BCUT2D eigenvalue weighted by molar-refractivity contribution is 0.272. The quantitative estimate of drug-likeness (QED) is 0.914. The Morgan fingerprint density at radius 3 is 2.32 bits per heavy atom. The van der Waals surface area contributed by atoms with Gasteiger partial charge in [0, 0.05) is 0 Å². The summed E-state index contributed by atoms with van der Waals surface area (Å²) < 4.78 is 28.5. The molecule has 0 aliphatic carbocycles. The van der Waals surface area contributed by atoms with Gasteiger partial charge in [-0.2, -0.15) is 5.26 Å². The number of nitrogens with zero attached hydrogens (tertiary/aromatic N) is 1. The summed E-state index contributed by atoms with van der Waals surface area (Å²) in [7, 11) is -3.76. The second-order valence-corrected chi connectivity index (χ2v) is 6.27. The Bertz CT molecular complexity index is 616. The highest BCUT2D eigenvalue weighted by Gasteiger charge is 2.18. The van der Waals surface area contributed by atoms with E-state index in [1.165, 1.54) is 6.07 Å². The summed E-state index contributed by atoms with van der Waals surface area (Å²) in [5.74, 6) is 0.580. The van der Waals surface area contributed by atoms with Gasteiger partial charge in [-0.1, -0.05) is 13.8 Å². The minimum atomic E-state index is -3.76. The van der Waals surface area contributed by atoms with Crippen LogP contribution in [0.25, 0.3) is 0 Å². The molecular formula is C13H18N2O3S. The van der Waals surface area contributed by atoms with Crippen molar-refractivity contribution in [3.8, 4) is 11.8 Å². The fourth-order valence-corrected chi connectivity index (χ4v) is 2.55. The van der Waals surface area contributed by atoms with Crippen molar-refractivity contribution in [2.45, 2.75) is 44.6 Å². The third kappa shape index (κ3) is 3.69. The molecule has 19 heavy (non-hydrogen) atoms. The van der Waals surface area contributed by atoms with Crippen molar-refractivity contribution in [1.29, 1.82) is 5.26 Å². The summed E-state index contributed by atoms with van der Waals surface area (Å²) in [6.07, 6.45) is -0.600. The Labute approximate surface area is 114 Å². The number of hydrogen-bond acceptors (Lipinski definition) is 4. The first-order chi connectivity index (χ1) is 8.66. The van der Waals surface area contributed by atoms with Crippen molar-refractivity contribution in [3.63, 3.8) is 0 Å². The zero-order valence-corrected chi connectivity index (χ0v) is 12.3. The van der Waals surface area contributed by atoms with Gasteiger partial charge >= 0.3 is 0 Å². The number of rotatable bonds is 4. The molecule has 0 spiro atoms. The maximum Gasteiger partial charge on any atom is 0.238 e. The highest BCUT2D eigenvalue weighted by Crippen LogP contribution is 2.31. The SMILES string of the molecule is Cc1cc(OC(C)C#N)c(C(C)C)cc1S(N)(=O)=O. The Balaban J connectivity index is 3.43. The Morgan fingerprint density at radius 2 is 1.89 bits per heavy atom. The van der Waals surface area contributed by atoms with Crippen molar-refractivity contribution < 1.29 is 13.2 Å². The maximum atomic E-state index is 11.5. The van der Waals surface area contributed by atoms with E-state index in [9.17, 15) is 8.42 Å². The molecule has 1 atom stereocenters. The van der Waals surface area contributed by atoms with Crippen LogP contribution in [0.1, 0.15) is 37.8 Å². The van der Waals surface area contributed by atoms with Gasteiger partial charge in [0.2, 0.25) is 10.0 Å². The smallest absolute Gasteiger partial charge is 0.238 e. The number of hydrogen-bond donors (Lipinski definition) is 1. The van der Waals surface area contributed by atoms with E-state index in [1.54, 1.807) is 19.9 Å². The Morgan fingerprint density at radius 1 is 1.32 bits per heavy atom. The maximum absolute atomic E-state index is 11.5. The second kappa shape index (κ2) is 5.59. The molecule has 1 unspecified atom stereocenters. The Kier molecular flexibility index (Phi) is 4.56. The van der Waals surface area contributed by atoms with Gasteiger partial charge in [0.1, 0.15) is 11.8 Å². The van der Waals surface area contributed by atoms with Crippen LogP contribution in [0, 0.1) is 18.3 Å². The van der Waals surface area contributed by atoms with Gasteiger partial charge in [0.25, 0.3) is 0 Å². The summed E-state index contributed by atoms with van der Waals surface area (Å²) >= 11 is 0. The van der Waals surface area contributed by atoms with Crippen LogP contribution >= 0.6 is 0 Å². The zero-order valence-electron chi connectivity index (χ0n) is 11.5. The normalized spacial score (nSPS) is 13.1. The fraction of sp³-hybridized carbons (Fsp3) is 0.462. The van der Waals surface area contributed by atoms with Crippen LogP contribution in [0.15, 0.2) is 17.0 Å². The molecular weight excluding hydrogens is 264 g/mol. The summed E-state index contributed by atoms with van der Waals surface area (Å²) in [4.78, 5) is 0.0909. The molecule has 0 saturated carbocycles. The molecule has 6 heteroatoms. The first-order valence-corrected chi connectivity index (χ1v) is 7.45. The molecule has 0 heterocycles. The van der Waals surface area contributed by atoms with Gasteiger partial charge in [-0.25, -0.2) is 13.6 Å².